The zero-order valence-corrected chi connectivity index (χ0v) is 10.2. The number of nitrogens with two attached hydrogens (primary N) is 1. The van der Waals surface area contributed by atoms with Gasteiger partial charge in [0.2, 0.25) is 0 Å². The standard InChI is InChI=1S/C14H23N/c1-11(2)4-5-13-6-8-14(9-7-13)10-12(3)15/h6-9,11-12H,4-5,10,15H2,1-3H3/t12-/m0/s1. The van der Waals surface area contributed by atoms with E-state index < -0.39 is 0 Å². The zero-order valence-electron chi connectivity index (χ0n) is 10.2. The normalized spacial score (nSPS) is 13.1. The molecule has 0 unspecified atom stereocenters. The van der Waals surface area contributed by atoms with E-state index >= 15 is 0 Å². The molecule has 0 bridgehead atoms. The highest BCUT2D eigenvalue weighted by Gasteiger charge is 1.99. The summed E-state index contributed by atoms with van der Waals surface area (Å²) < 4.78 is 0. The number of hydrogen-bond donors (Lipinski definition) is 1. The molecule has 0 saturated carbocycles. The molecule has 0 radical (unpaired) electrons. The van der Waals surface area contributed by atoms with E-state index in [1.54, 1.807) is 0 Å². The zero-order chi connectivity index (χ0) is 11.3. The predicted molar refractivity (Wildman–Crippen MR) is 67.0 cm³/mol. The first-order valence-electron chi connectivity index (χ1n) is 5.91. The molecule has 0 heterocycles. The Morgan fingerprint density at radius 1 is 1.00 bits per heavy atom. The van der Waals surface area contributed by atoms with Crippen LogP contribution >= 0.6 is 0 Å². The van der Waals surface area contributed by atoms with E-state index in [4.69, 9.17) is 5.73 Å². The lowest BCUT2D eigenvalue weighted by Gasteiger charge is -2.07. The summed E-state index contributed by atoms with van der Waals surface area (Å²) in [5.41, 5.74) is 8.55. The Labute approximate surface area is 93.7 Å². The van der Waals surface area contributed by atoms with E-state index in [0.717, 1.165) is 12.3 Å². The summed E-state index contributed by atoms with van der Waals surface area (Å²) >= 11 is 0. The van der Waals surface area contributed by atoms with Crippen molar-refractivity contribution in [2.45, 2.75) is 46.1 Å². The number of benzene rings is 1. The van der Waals surface area contributed by atoms with Crippen LogP contribution in [0.25, 0.3) is 0 Å². The van der Waals surface area contributed by atoms with E-state index in [1.165, 1.54) is 24.0 Å². The quantitative estimate of drug-likeness (QED) is 0.785. The molecule has 2 N–H and O–H groups in total. The lowest BCUT2D eigenvalue weighted by atomic mass is 10.0. The predicted octanol–water partition coefficient (Wildman–Crippen LogP) is 3.16. The van der Waals surface area contributed by atoms with Crippen LogP contribution in [0, 0.1) is 5.92 Å². The van der Waals surface area contributed by atoms with Crippen molar-refractivity contribution in [3.8, 4) is 0 Å². The SMILES string of the molecule is CC(C)CCc1ccc(C[C@H](C)N)cc1. The van der Waals surface area contributed by atoms with Crippen LogP contribution in [-0.4, -0.2) is 6.04 Å². The van der Waals surface area contributed by atoms with Gasteiger partial charge in [-0.1, -0.05) is 38.1 Å². The van der Waals surface area contributed by atoms with Gasteiger partial charge in [0.05, 0.1) is 0 Å². The molecule has 15 heavy (non-hydrogen) atoms. The van der Waals surface area contributed by atoms with Crippen LogP contribution < -0.4 is 5.73 Å². The number of rotatable bonds is 5. The third kappa shape index (κ3) is 4.98. The van der Waals surface area contributed by atoms with Crippen molar-refractivity contribution in [1.82, 2.24) is 0 Å². The smallest absolute Gasteiger partial charge is 0.00509 e. The fourth-order valence-electron chi connectivity index (χ4n) is 1.67. The highest BCUT2D eigenvalue weighted by Crippen LogP contribution is 2.11. The molecule has 1 aromatic carbocycles. The first-order valence-corrected chi connectivity index (χ1v) is 5.91. The molecule has 0 saturated heterocycles. The van der Waals surface area contributed by atoms with Crippen LogP contribution in [0.1, 0.15) is 38.3 Å². The molecule has 1 heteroatoms. The van der Waals surface area contributed by atoms with Crippen LogP contribution in [0.2, 0.25) is 0 Å². The number of hydrogen-bond acceptors (Lipinski definition) is 1. The maximum absolute atomic E-state index is 5.76. The first kappa shape index (κ1) is 12.3. The molecule has 1 atom stereocenters. The average Bonchev–Trinajstić information content (AvgIpc) is 2.16. The lowest BCUT2D eigenvalue weighted by Crippen LogP contribution is -2.17. The molecule has 0 aliphatic carbocycles. The van der Waals surface area contributed by atoms with Gasteiger partial charge in [0.15, 0.2) is 0 Å². The molecular weight excluding hydrogens is 182 g/mol. The topological polar surface area (TPSA) is 26.0 Å². The fraction of sp³-hybridized carbons (Fsp3) is 0.571. The average molecular weight is 205 g/mol. The van der Waals surface area contributed by atoms with Crippen LogP contribution in [0.4, 0.5) is 0 Å². The highest BCUT2D eigenvalue weighted by molar-refractivity contribution is 5.23. The molecule has 0 aromatic heterocycles. The Bertz CT molecular complexity index is 272. The molecule has 0 fully saturated rings. The Balaban J connectivity index is 2.49. The third-order valence-electron chi connectivity index (χ3n) is 2.59. The van der Waals surface area contributed by atoms with E-state index in [9.17, 15) is 0 Å². The molecule has 1 nitrogen and oxygen atoms in total. The van der Waals surface area contributed by atoms with E-state index in [1.807, 2.05) is 6.92 Å². The maximum Gasteiger partial charge on any atom is 0.00509 e. The molecular formula is C14H23N. The van der Waals surface area contributed by atoms with E-state index in [-0.39, 0.29) is 6.04 Å². The summed E-state index contributed by atoms with van der Waals surface area (Å²) in [6.07, 6.45) is 3.44. The van der Waals surface area contributed by atoms with Gasteiger partial charge in [0.25, 0.3) is 0 Å². The molecule has 84 valence electrons. The fourth-order valence-corrected chi connectivity index (χ4v) is 1.67. The van der Waals surface area contributed by atoms with Crippen molar-refractivity contribution in [3.05, 3.63) is 35.4 Å². The Kier molecular flexibility index (Phi) is 4.83. The Hall–Kier alpha value is -0.820. The van der Waals surface area contributed by atoms with Crippen LogP contribution in [0.15, 0.2) is 24.3 Å². The van der Waals surface area contributed by atoms with Crippen molar-refractivity contribution in [1.29, 1.82) is 0 Å². The number of aryl methyl sites for hydroxylation is 1. The second-order valence-corrected chi connectivity index (χ2v) is 4.93. The summed E-state index contributed by atoms with van der Waals surface area (Å²) in [6, 6.07) is 9.14. The van der Waals surface area contributed by atoms with Crippen molar-refractivity contribution in [2.24, 2.45) is 11.7 Å². The van der Waals surface area contributed by atoms with Gasteiger partial charge >= 0.3 is 0 Å². The largest absolute Gasteiger partial charge is 0.328 e. The van der Waals surface area contributed by atoms with Gasteiger partial charge in [-0.15, -0.1) is 0 Å². The van der Waals surface area contributed by atoms with Gasteiger partial charge in [-0.2, -0.15) is 0 Å². The van der Waals surface area contributed by atoms with Crippen molar-refractivity contribution in [3.63, 3.8) is 0 Å². The minimum absolute atomic E-state index is 0.256. The second-order valence-electron chi connectivity index (χ2n) is 4.93. The minimum Gasteiger partial charge on any atom is -0.328 e. The Morgan fingerprint density at radius 2 is 1.53 bits per heavy atom. The second kappa shape index (κ2) is 5.92. The summed E-state index contributed by atoms with van der Waals surface area (Å²) in [6.45, 7) is 6.58. The van der Waals surface area contributed by atoms with Crippen molar-refractivity contribution >= 4 is 0 Å². The summed E-state index contributed by atoms with van der Waals surface area (Å²) in [7, 11) is 0. The van der Waals surface area contributed by atoms with Crippen molar-refractivity contribution in [2.75, 3.05) is 0 Å². The van der Waals surface area contributed by atoms with E-state index in [0.29, 0.717) is 0 Å². The minimum atomic E-state index is 0.256. The van der Waals surface area contributed by atoms with Gasteiger partial charge < -0.3 is 5.73 Å². The lowest BCUT2D eigenvalue weighted by molar-refractivity contribution is 0.586. The van der Waals surface area contributed by atoms with Gasteiger partial charge in [-0.3, -0.25) is 0 Å². The third-order valence-corrected chi connectivity index (χ3v) is 2.59. The van der Waals surface area contributed by atoms with Crippen LogP contribution in [-0.2, 0) is 12.8 Å². The molecule has 0 aliphatic heterocycles. The van der Waals surface area contributed by atoms with Crippen LogP contribution in [0.5, 0.6) is 0 Å². The molecule has 0 aliphatic rings. The molecule has 1 rings (SSSR count). The molecule has 1 aromatic rings. The molecule has 0 spiro atoms. The van der Waals surface area contributed by atoms with Crippen LogP contribution in [0.3, 0.4) is 0 Å². The van der Waals surface area contributed by atoms with E-state index in [2.05, 4.69) is 38.1 Å². The van der Waals surface area contributed by atoms with Gasteiger partial charge in [-0.25, -0.2) is 0 Å². The maximum atomic E-state index is 5.76. The van der Waals surface area contributed by atoms with Gasteiger partial charge in [0, 0.05) is 6.04 Å². The monoisotopic (exact) mass is 205 g/mol. The molecule has 0 amide bonds. The highest BCUT2D eigenvalue weighted by atomic mass is 14.6. The first-order chi connectivity index (χ1) is 7.08. The summed E-state index contributed by atoms with van der Waals surface area (Å²) in [5, 5.41) is 0. The van der Waals surface area contributed by atoms with Gasteiger partial charge in [-0.05, 0) is 43.2 Å². The Morgan fingerprint density at radius 3 is 2.00 bits per heavy atom. The summed E-state index contributed by atoms with van der Waals surface area (Å²) in [4.78, 5) is 0. The summed E-state index contributed by atoms with van der Waals surface area (Å²) in [5.74, 6) is 0.786. The van der Waals surface area contributed by atoms with Crippen molar-refractivity contribution < 1.29 is 0 Å². The van der Waals surface area contributed by atoms with Gasteiger partial charge in [0.1, 0.15) is 0 Å².